The number of sulfonamides is 1. The van der Waals surface area contributed by atoms with E-state index in [1.54, 1.807) is 43.0 Å². The van der Waals surface area contributed by atoms with Gasteiger partial charge in [-0.15, -0.1) is 0 Å². The molecule has 1 fully saturated rings. The van der Waals surface area contributed by atoms with Crippen LogP contribution < -0.4 is 4.72 Å². The molecule has 0 aliphatic carbocycles. The number of piperazine rings is 1. The van der Waals surface area contributed by atoms with Gasteiger partial charge in [-0.05, 0) is 42.3 Å². The van der Waals surface area contributed by atoms with Crippen molar-refractivity contribution in [3.05, 3.63) is 64.9 Å². The zero-order valence-electron chi connectivity index (χ0n) is 17.8. The molecule has 2 amide bonds. The highest BCUT2D eigenvalue weighted by Gasteiger charge is 2.34. The van der Waals surface area contributed by atoms with Crippen molar-refractivity contribution in [2.75, 3.05) is 26.2 Å². The first-order chi connectivity index (χ1) is 15.1. The Bertz CT molecular complexity index is 1080. The van der Waals surface area contributed by atoms with Gasteiger partial charge >= 0.3 is 0 Å². The molecule has 0 spiro atoms. The number of nitrogens with one attached hydrogen (secondary N) is 1. The minimum absolute atomic E-state index is 0.158. The molecular weight excluding hydrogens is 457 g/mol. The quantitative estimate of drug-likeness (QED) is 0.687. The fourth-order valence-electron chi connectivity index (χ4n) is 3.47. The van der Waals surface area contributed by atoms with Gasteiger partial charge in [0, 0.05) is 36.8 Å². The summed E-state index contributed by atoms with van der Waals surface area (Å²) >= 11 is 5.87. The van der Waals surface area contributed by atoms with Crippen molar-refractivity contribution in [3.8, 4) is 0 Å². The molecule has 0 bridgehead atoms. The molecule has 0 aromatic heterocycles. The maximum absolute atomic E-state index is 14.0. The third kappa shape index (κ3) is 5.46. The highest BCUT2D eigenvalue weighted by atomic mass is 35.5. The molecule has 32 heavy (non-hydrogen) atoms. The van der Waals surface area contributed by atoms with E-state index in [9.17, 15) is 22.4 Å². The number of hydrogen-bond donors (Lipinski definition) is 1. The van der Waals surface area contributed by atoms with Crippen LogP contribution in [0.3, 0.4) is 0 Å². The molecule has 0 radical (unpaired) electrons. The van der Waals surface area contributed by atoms with Crippen LogP contribution in [0.2, 0.25) is 5.02 Å². The summed E-state index contributed by atoms with van der Waals surface area (Å²) in [5.74, 6) is -1.81. The van der Waals surface area contributed by atoms with Crippen molar-refractivity contribution in [1.82, 2.24) is 14.5 Å². The van der Waals surface area contributed by atoms with Crippen LogP contribution in [0.1, 0.15) is 24.2 Å². The van der Waals surface area contributed by atoms with E-state index in [1.807, 2.05) is 0 Å². The number of hydrogen-bond acceptors (Lipinski definition) is 4. The molecule has 1 N–H and O–H groups in total. The summed E-state index contributed by atoms with van der Waals surface area (Å²) < 4.78 is 41.8. The lowest BCUT2D eigenvalue weighted by Gasteiger charge is -2.37. The zero-order valence-corrected chi connectivity index (χ0v) is 19.4. The minimum Gasteiger partial charge on any atom is -0.338 e. The number of carbonyl (C=O) groups is 2. The Kier molecular flexibility index (Phi) is 7.53. The predicted octanol–water partition coefficient (Wildman–Crippen LogP) is 2.77. The summed E-state index contributed by atoms with van der Waals surface area (Å²) in [6.45, 7) is 4.60. The Balaban J connectivity index is 1.67. The molecule has 0 unspecified atom stereocenters. The summed E-state index contributed by atoms with van der Waals surface area (Å²) in [6, 6.07) is 10.5. The molecule has 0 saturated carbocycles. The topological polar surface area (TPSA) is 86.8 Å². The van der Waals surface area contributed by atoms with Gasteiger partial charge in [0.1, 0.15) is 16.8 Å². The SMILES string of the molecule is CC(C)[C@H](NS(=O)(=O)c1ccccc1F)C(=O)N1CCN(C(=O)c2ccc(Cl)cc2)CC1. The van der Waals surface area contributed by atoms with Gasteiger partial charge in [0.25, 0.3) is 5.91 Å². The Labute approximate surface area is 192 Å². The van der Waals surface area contributed by atoms with E-state index in [0.29, 0.717) is 23.7 Å². The van der Waals surface area contributed by atoms with E-state index in [0.717, 1.165) is 12.1 Å². The molecule has 172 valence electrons. The van der Waals surface area contributed by atoms with Crippen molar-refractivity contribution < 1.29 is 22.4 Å². The number of benzene rings is 2. The average molecular weight is 482 g/mol. The second kappa shape index (κ2) is 9.97. The van der Waals surface area contributed by atoms with E-state index < -0.39 is 32.7 Å². The van der Waals surface area contributed by atoms with Crippen LogP contribution in [0.15, 0.2) is 53.4 Å². The first-order valence-corrected chi connectivity index (χ1v) is 12.1. The third-order valence-electron chi connectivity index (χ3n) is 5.31. The van der Waals surface area contributed by atoms with Crippen LogP contribution in [0.5, 0.6) is 0 Å². The predicted molar refractivity (Wildman–Crippen MR) is 119 cm³/mol. The zero-order chi connectivity index (χ0) is 23.5. The van der Waals surface area contributed by atoms with Crippen molar-refractivity contribution in [2.45, 2.75) is 24.8 Å². The van der Waals surface area contributed by atoms with Gasteiger partial charge in [0.05, 0.1) is 0 Å². The molecule has 1 saturated heterocycles. The van der Waals surface area contributed by atoms with Crippen molar-refractivity contribution in [3.63, 3.8) is 0 Å². The van der Waals surface area contributed by atoms with Gasteiger partial charge in [-0.3, -0.25) is 9.59 Å². The highest BCUT2D eigenvalue weighted by molar-refractivity contribution is 7.89. The first kappa shape index (κ1) is 24.2. The second-order valence-electron chi connectivity index (χ2n) is 7.90. The largest absolute Gasteiger partial charge is 0.338 e. The number of rotatable bonds is 6. The summed E-state index contributed by atoms with van der Waals surface area (Å²) in [7, 11) is -4.23. The summed E-state index contributed by atoms with van der Waals surface area (Å²) in [6.07, 6.45) is 0. The molecule has 10 heteroatoms. The Morgan fingerprint density at radius 3 is 2.09 bits per heavy atom. The number of carbonyl (C=O) groups excluding carboxylic acids is 2. The normalized spacial score (nSPS) is 15.7. The van der Waals surface area contributed by atoms with Crippen LogP contribution in [0.4, 0.5) is 4.39 Å². The maximum atomic E-state index is 14.0. The first-order valence-electron chi connectivity index (χ1n) is 10.2. The van der Waals surface area contributed by atoms with Gasteiger partial charge in [-0.2, -0.15) is 4.72 Å². The molecule has 7 nitrogen and oxygen atoms in total. The van der Waals surface area contributed by atoms with Crippen molar-refractivity contribution in [2.24, 2.45) is 5.92 Å². The lowest BCUT2D eigenvalue weighted by atomic mass is 10.0. The summed E-state index contributed by atoms with van der Waals surface area (Å²) in [4.78, 5) is 28.4. The minimum atomic E-state index is -4.23. The molecular formula is C22H25ClFN3O4S. The molecule has 1 aliphatic heterocycles. The van der Waals surface area contributed by atoms with Gasteiger partial charge in [0.2, 0.25) is 15.9 Å². The Hall–Kier alpha value is -2.49. The van der Waals surface area contributed by atoms with Crippen molar-refractivity contribution >= 4 is 33.4 Å². The standard InChI is InChI=1S/C22H25ClFN3O4S/c1-15(2)20(25-32(30,31)19-6-4-3-5-18(19)24)22(29)27-13-11-26(12-14-27)21(28)16-7-9-17(23)10-8-16/h3-10,15,20,25H,11-14H2,1-2H3/t20-/m0/s1. The maximum Gasteiger partial charge on any atom is 0.253 e. The number of halogens is 2. The van der Waals surface area contributed by atoms with Crippen molar-refractivity contribution in [1.29, 1.82) is 0 Å². The van der Waals surface area contributed by atoms with Crippen LogP contribution >= 0.6 is 11.6 Å². The second-order valence-corrected chi connectivity index (χ2v) is 10.0. The monoisotopic (exact) mass is 481 g/mol. The molecule has 1 aliphatic rings. The number of nitrogens with zero attached hydrogens (tertiary/aromatic N) is 2. The average Bonchev–Trinajstić information content (AvgIpc) is 2.77. The third-order valence-corrected chi connectivity index (χ3v) is 7.04. The van der Waals surface area contributed by atoms with Gasteiger partial charge in [0.15, 0.2) is 0 Å². The van der Waals surface area contributed by atoms with E-state index in [-0.39, 0.29) is 24.9 Å². The summed E-state index contributed by atoms with van der Waals surface area (Å²) in [5, 5.41) is 0.537. The van der Waals surface area contributed by atoms with Crippen LogP contribution in [0, 0.1) is 11.7 Å². The van der Waals surface area contributed by atoms with Gasteiger partial charge in [-0.25, -0.2) is 12.8 Å². The fraction of sp³-hybridized carbons (Fsp3) is 0.364. The molecule has 1 heterocycles. The van der Waals surface area contributed by atoms with E-state index in [4.69, 9.17) is 11.6 Å². The smallest absolute Gasteiger partial charge is 0.253 e. The van der Waals surface area contributed by atoms with Crippen LogP contribution in [0.25, 0.3) is 0 Å². The van der Waals surface area contributed by atoms with Crippen LogP contribution in [-0.4, -0.2) is 62.3 Å². The Morgan fingerprint density at radius 1 is 0.969 bits per heavy atom. The van der Waals surface area contributed by atoms with E-state index in [2.05, 4.69) is 4.72 Å². The number of amides is 2. The summed E-state index contributed by atoms with van der Waals surface area (Å²) in [5.41, 5.74) is 0.506. The van der Waals surface area contributed by atoms with Gasteiger partial charge < -0.3 is 9.80 Å². The van der Waals surface area contributed by atoms with E-state index >= 15 is 0 Å². The molecule has 3 rings (SSSR count). The Morgan fingerprint density at radius 2 is 1.53 bits per heavy atom. The molecule has 1 atom stereocenters. The molecule has 2 aromatic rings. The highest BCUT2D eigenvalue weighted by Crippen LogP contribution is 2.18. The van der Waals surface area contributed by atoms with Gasteiger partial charge in [-0.1, -0.05) is 37.6 Å². The lowest BCUT2D eigenvalue weighted by molar-refractivity contribution is -0.135. The fourth-order valence-corrected chi connectivity index (χ4v) is 5.01. The lowest BCUT2D eigenvalue weighted by Crippen LogP contribution is -2.57. The van der Waals surface area contributed by atoms with Crippen LogP contribution in [-0.2, 0) is 14.8 Å². The molecule has 2 aromatic carbocycles. The van der Waals surface area contributed by atoms with E-state index in [1.165, 1.54) is 17.0 Å².